The van der Waals surface area contributed by atoms with E-state index in [0.717, 1.165) is 12.8 Å². The predicted octanol–water partition coefficient (Wildman–Crippen LogP) is 1.51. The molecule has 2 amide bonds. The molecule has 0 aliphatic carbocycles. The number of carbonyl (C=O) groups excluding carboxylic acids is 2. The van der Waals surface area contributed by atoms with Crippen LogP contribution < -0.4 is 5.32 Å². The maximum Gasteiger partial charge on any atom is 0.409 e. The van der Waals surface area contributed by atoms with E-state index in [9.17, 15) is 9.59 Å². The van der Waals surface area contributed by atoms with Crippen LogP contribution in [0.15, 0.2) is 0 Å². The first kappa shape index (κ1) is 14.3. The minimum atomic E-state index is -0.252. The first-order valence-corrected chi connectivity index (χ1v) is 7.06. The largest absolute Gasteiger partial charge is 0.450 e. The van der Waals surface area contributed by atoms with Crippen molar-refractivity contribution in [3.05, 3.63) is 0 Å². The standard InChI is InChI=1S/C11H19BrN2O3/c1-2-17-11(16)14-7-4-9(5-8-14)13-10(15)3-6-12/h9H,2-8H2,1H3,(H,13,15). The van der Waals surface area contributed by atoms with E-state index in [0.29, 0.717) is 31.4 Å². The van der Waals surface area contributed by atoms with Gasteiger partial charge in [0.05, 0.1) is 6.61 Å². The highest BCUT2D eigenvalue weighted by Crippen LogP contribution is 2.11. The van der Waals surface area contributed by atoms with Crippen molar-refractivity contribution in [1.29, 1.82) is 0 Å². The molecule has 98 valence electrons. The molecule has 1 heterocycles. The smallest absolute Gasteiger partial charge is 0.409 e. The minimum Gasteiger partial charge on any atom is -0.450 e. The lowest BCUT2D eigenvalue weighted by Gasteiger charge is -2.31. The van der Waals surface area contributed by atoms with Gasteiger partial charge in [0.1, 0.15) is 0 Å². The summed E-state index contributed by atoms with van der Waals surface area (Å²) >= 11 is 3.23. The number of nitrogens with one attached hydrogen (secondary N) is 1. The van der Waals surface area contributed by atoms with Crippen LogP contribution in [0.5, 0.6) is 0 Å². The normalized spacial score (nSPS) is 16.7. The molecular weight excluding hydrogens is 288 g/mol. The molecule has 0 radical (unpaired) electrons. The molecule has 1 N–H and O–H groups in total. The Kier molecular flexibility index (Phi) is 6.32. The van der Waals surface area contributed by atoms with E-state index < -0.39 is 0 Å². The maximum atomic E-state index is 11.4. The van der Waals surface area contributed by atoms with Gasteiger partial charge in [0.15, 0.2) is 0 Å². The fraction of sp³-hybridized carbons (Fsp3) is 0.818. The summed E-state index contributed by atoms with van der Waals surface area (Å²) in [5.74, 6) is 0.0662. The third-order valence-corrected chi connectivity index (χ3v) is 3.10. The van der Waals surface area contributed by atoms with Crippen molar-refractivity contribution < 1.29 is 14.3 Å². The average Bonchev–Trinajstić information content (AvgIpc) is 2.30. The summed E-state index contributed by atoms with van der Waals surface area (Å²) in [6.45, 7) is 3.50. The van der Waals surface area contributed by atoms with Gasteiger partial charge in [-0.1, -0.05) is 15.9 Å². The van der Waals surface area contributed by atoms with Gasteiger partial charge in [0.2, 0.25) is 5.91 Å². The van der Waals surface area contributed by atoms with Gasteiger partial charge in [0, 0.05) is 30.9 Å². The van der Waals surface area contributed by atoms with Crippen LogP contribution in [0.2, 0.25) is 0 Å². The number of likely N-dealkylation sites (tertiary alicyclic amines) is 1. The third-order valence-electron chi connectivity index (χ3n) is 2.71. The van der Waals surface area contributed by atoms with Crippen molar-refractivity contribution in [2.45, 2.75) is 32.2 Å². The second kappa shape index (κ2) is 7.53. The van der Waals surface area contributed by atoms with E-state index >= 15 is 0 Å². The molecule has 1 aliphatic rings. The van der Waals surface area contributed by atoms with Gasteiger partial charge in [-0.25, -0.2) is 4.79 Å². The number of carbonyl (C=O) groups is 2. The van der Waals surface area contributed by atoms with E-state index in [1.54, 1.807) is 11.8 Å². The summed E-state index contributed by atoms with van der Waals surface area (Å²) in [5.41, 5.74) is 0. The van der Waals surface area contributed by atoms with Crippen LogP contribution in [0, 0.1) is 0 Å². The molecular formula is C11H19BrN2O3. The van der Waals surface area contributed by atoms with E-state index in [1.807, 2.05) is 0 Å². The molecule has 6 heteroatoms. The van der Waals surface area contributed by atoms with E-state index in [4.69, 9.17) is 4.74 Å². The van der Waals surface area contributed by atoms with Crippen molar-refractivity contribution in [2.75, 3.05) is 25.0 Å². The second-order valence-electron chi connectivity index (χ2n) is 3.97. The Bertz CT molecular complexity index is 265. The molecule has 0 unspecified atom stereocenters. The molecule has 0 aromatic rings. The number of halogens is 1. The Balaban J connectivity index is 2.26. The molecule has 0 spiro atoms. The topological polar surface area (TPSA) is 58.6 Å². The third kappa shape index (κ3) is 4.93. The van der Waals surface area contributed by atoms with Crippen LogP contribution in [-0.2, 0) is 9.53 Å². The first-order chi connectivity index (χ1) is 8.17. The summed E-state index contributed by atoms with van der Waals surface area (Å²) in [4.78, 5) is 24.5. The maximum absolute atomic E-state index is 11.4. The van der Waals surface area contributed by atoms with Gasteiger partial charge in [-0.05, 0) is 19.8 Å². The molecule has 0 bridgehead atoms. The molecule has 0 aromatic heterocycles. The Morgan fingerprint density at radius 1 is 1.41 bits per heavy atom. The highest BCUT2D eigenvalue weighted by atomic mass is 79.9. The lowest BCUT2D eigenvalue weighted by Crippen LogP contribution is -2.46. The number of hydrogen-bond acceptors (Lipinski definition) is 3. The highest BCUT2D eigenvalue weighted by molar-refractivity contribution is 9.09. The SMILES string of the molecule is CCOC(=O)N1CCC(NC(=O)CCBr)CC1. The zero-order valence-corrected chi connectivity index (χ0v) is 11.7. The number of hydrogen-bond donors (Lipinski definition) is 1. The number of alkyl halides is 1. The van der Waals surface area contributed by atoms with Gasteiger partial charge in [-0.2, -0.15) is 0 Å². The van der Waals surface area contributed by atoms with Crippen LogP contribution in [0.3, 0.4) is 0 Å². The van der Waals surface area contributed by atoms with Gasteiger partial charge < -0.3 is 15.0 Å². The monoisotopic (exact) mass is 306 g/mol. The Labute approximate surface area is 110 Å². The number of ether oxygens (including phenoxy) is 1. The van der Waals surface area contributed by atoms with E-state index in [2.05, 4.69) is 21.2 Å². The average molecular weight is 307 g/mol. The summed E-state index contributed by atoms with van der Waals surface area (Å²) in [6, 6.07) is 0.187. The van der Waals surface area contributed by atoms with Crippen LogP contribution in [0.4, 0.5) is 4.79 Å². The molecule has 5 nitrogen and oxygen atoms in total. The lowest BCUT2D eigenvalue weighted by molar-refractivity contribution is -0.121. The van der Waals surface area contributed by atoms with Gasteiger partial charge in [0.25, 0.3) is 0 Å². The number of rotatable bonds is 4. The predicted molar refractivity (Wildman–Crippen MR) is 68.2 cm³/mol. The Hall–Kier alpha value is -0.780. The minimum absolute atomic E-state index is 0.0662. The number of piperidine rings is 1. The second-order valence-corrected chi connectivity index (χ2v) is 4.76. The molecule has 1 saturated heterocycles. The molecule has 1 aliphatic heterocycles. The molecule has 0 saturated carbocycles. The highest BCUT2D eigenvalue weighted by Gasteiger charge is 2.24. The fourth-order valence-electron chi connectivity index (χ4n) is 1.81. The Morgan fingerprint density at radius 2 is 2.06 bits per heavy atom. The quantitative estimate of drug-likeness (QED) is 0.801. The van der Waals surface area contributed by atoms with Crippen molar-refractivity contribution in [3.8, 4) is 0 Å². The van der Waals surface area contributed by atoms with E-state index in [1.165, 1.54) is 0 Å². The molecule has 17 heavy (non-hydrogen) atoms. The summed E-state index contributed by atoms with van der Waals surface area (Å²) in [6.07, 6.45) is 1.84. The molecule has 0 aromatic carbocycles. The van der Waals surface area contributed by atoms with Crippen LogP contribution in [0.25, 0.3) is 0 Å². The summed E-state index contributed by atoms with van der Waals surface area (Å²) < 4.78 is 4.93. The molecule has 1 rings (SSSR count). The number of nitrogens with zero attached hydrogens (tertiary/aromatic N) is 1. The summed E-state index contributed by atoms with van der Waals surface area (Å²) in [7, 11) is 0. The first-order valence-electron chi connectivity index (χ1n) is 5.94. The zero-order valence-electron chi connectivity index (χ0n) is 10.1. The Morgan fingerprint density at radius 3 is 2.59 bits per heavy atom. The van der Waals surface area contributed by atoms with Gasteiger partial charge in [-0.3, -0.25) is 4.79 Å². The van der Waals surface area contributed by atoms with Gasteiger partial charge >= 0.3 is 6.09 Å². The van der Waals surface area contributed by atoms with E-state index in [-0.39, 0.29) is 18.0 Å². The van der Waals surface area contributed by atoms with Gasteiger partial charge in [-0.15, -0.1) is 0 Å². The zero-order chi connectivity index (χ0) is 12.7. The van der Waals surface area contributed by atoms with Crippen molar-refractivity contribution in [2.24, 2.45) is 0 Å². The van der Waals surface area contributed by atoms with Crippen LogP contribution in [-0.4, -0.2) is 48.0 Å². The van der Waals surface area contributed by atoms with Crippen LogP contribution >= 0.6 is 15.9 Å². The molecule has 1 fully saturated rings. The van der Waals surface area contributed by atoms with Crippen molar-refractivity contribution >= 4 is 27.9 Å². The van der Waals surface area contributed by atoms with Crippen molar-refractivity contribution in [1.82, 2.24) is 10.2 Å². The van der Waals surface area contributed by atoms with Crippen LogP contribution in [0.1, 0.15) is 26.2 Å². The lowest BCUT2D eigenvalue weighted by atomic mass is 10.1. The summed E-state index contributed by atoms with van der Waals surface area (Å²) in [5, 5.41) is 3.64. The fourth-order valence-corrected chi connectivity index (χ4v) is 2.17. The van der Waals surface area contributed by atoms with Crippen molar-refractivity contribution in [3.63, 3.8) is 0 Å². The molecule has 0 atom stereocenters. The number of amides is 2.